The number of piperidine rings is 1. The third-order valence-electron chi connectivity index (χ3n) is 6.32. The molecule has 4 rings (SSSR count). The molecule has 2 aromatic carbocycles. The molecule has 1 aromatic heterocycles. The summed E-state index contributed by atoms with van der Waals surface area (Å²) in [7, 11) is -1.86. The van der Waals surface area contributed by atoms with Crippen molar-refractivity contribution in [2.45, 2.75) is 41.5 Å². The Morgan fingerprint density at radius 1 is 1.09 bits per heavy atom. The largest absolute Gasteiger partial charge is 0.303 e. The van der Waals surface area contributed by atoms with Crippen molar-refractivity contribution in [3.05, 3.63) is 66.7 Å². The summed E-state index contributed by atoms with van der Waals surface area (Å²) in [6.45, 7) is 2.85. The topological polar surface area (TPSA) is 53.5 Å². The maximum Gasteiger partial charge on any atom is 0.243 e. The Hall–Kier alpha value is -2.00. The summed E-state index contributed by atoms with van der Waals surface area (Å²) < 4.78 is 41.3. The molecule has 8 heteroatoms. The molecular formula is C25H30FN3O2S2. The fraction of sp³-hybridized carbons (Fsp3) is 0.400. The number of hydrogen-bond donors (Lipinski definition) is 0. The molecule has 3 aromatic rings. The van der Waals surface area contributed by atoms with Crippen LogP contribution in [-0.2, 0) is 10.0 Å². The Kier molecular flexibility index (Phi) is 8.01. The number of nitrogens with zero attached hydrogens (tertiary/aromatic N) is 3. The number of hydrogen-bond acceptors (Lipinski definition) is 5. The van der Waals surface area contributed by atoms with Gasteiger partial charge >= 0.3 is 0 Å². The van der Waals surface area contributed by atoms with Crippen LogP contribution in [0.2, 0.25) is 0 Å². The first-order chi connectivity index (χ1) is 15.9. The Labute approximate surface area is 200 Å². The summed E-state index contributed by atoms with van der Waals surface area (Å²) in [4.78, 5) is 7.99. The number of fused-ring (bicyclic) bond motifs is 1. The lowest BCUT2D eigenvalue weighted by Gasteiger charge is -2.36. The molecule has 0 N–H and O–H groups in total. The highest BCUT2D eigenvalue weighted by molar-refractivity contribution is 7.99. The SMILES string of the molecule is CN(C1CCN(CCCCSc2ccc(F)cc2)CC1)S(=O)(=O)c1cccc2cnccc12. The predicted octanol–water partition coefficient (Wildman–Crippen LogP) is 5.03. The molecule has 2 heterocycles. The third-order valence-corrected chi connectivity index (χ3v) is 9.39. The van der Waals surface area contributed by atoms with Gasteiger partial charge < -0.3 is 4.90 Å². The van der Waals surface area contributed by atoms with Crippen LogP contribution in [0.25, 0.3) is 10.8 Å². The molecule has 5 nitrogen and oxygen atoms in total. The zero-order valence-corrected chi connectivity index (χ0v) is 20.5. The molecule has 0 radical (unpaired) electrons. The summed E-state index contributed by atoms with van der Waals surface area (Å²) in [5.41, 5.74) is 0. The number of thioether (sulfide) groups is 1. The average molecular weight is 488 g/mol. The lowest BCUT2D eigenvalue weighted by atomic mass is 10.1. The fourth-order valence-corrected chi connectivity index (χ4v) is 6.87. The van der Waals surface area contributed by atoms with Gasteiger partial charge in [-0.25, -0.2) is 12.8 Å². The van der Waals surface area contributed by atoms with Crippen LogP contribution >= 0.6 is 11.8 Å². The van der Waals surface area contributed by atoms with Crippen LogP contribution in [0.15, 0.2) is 70.7 Å². The van der Waals surface area contributed by atoms with Crippen molar-refractivity contribution in [3.63, 3.8) is 0 Å². The van der Waals surface area contributed by atoms with Crippen LogP contribution in [0.1, 0.15) is 25.7 Å². The van der Waals surface area contributed by atoms with Crippen molar-refractivity contribution >= 4 is 32.6 Å². The van der Waals surface area contributed by atoms with Crippen LogP contribution in [0.3, 0.4) is 0 Å². The Morgan fingerprint density at radius 3 is 2.61 bits per heavy atom. The van der Waals surface area contributed by atoms with Crippen molar-refractivity contribution in [2.75, 3.05) is 32.4 Å². The minimum Gasteiger partial charge on any atom is -0.303 e. The van der Waals surface area contributed by atoms with Crippen molar-refractivity contribution in [2.24, 2.45) is 0 Å². The molecule has 1 saturated heterocycles. The normalized spacial score (nSPS) is 16.0. The minimum atomic E-state index is -3.58. The van der Waals surface area contributed by atoms with E-state index < -0.39 is 10.0 Å². The summed E-state index contributed by atoms with van der Waals surface area (Å²) in [6, 6.07) is 13.8. The highest BCUT2D eigenvalue weighted by Gasteiger charge is 2.31. The van der Waals surface area contributed by atoms with Gasteiger partial charge in [-0.2, -0.15) is 4.31 Å². The van der Waals surface area contributed by atoms with Gasteiger partial charge in [0, 0.05) is 41.2 Å². The third kappa shape index (κ3) is 5.93. The van der Waals surface area contributed by atoms with Gasteiger partial charge in [0.15, 0.2) is 0 Å². The zero-order valence-electron chi connectivity index (χ0n) is 18.9. The predicted molar refractivity (Wildman–Crippen MR) is 133 cm³/mol. The van der Waals surface area contributed by atoms with Crippen LogP contribution < -0.4 is 0 Å². The number of unbranched alkanes of at least 4 members (excludes halogenated alkanes) is 1. The molecule has 33 heavy (non-hydrogen) atoms. The van der Waals surface area contributed by atoms with Crippen LogP contribution in [-0.4, -0.2) is 61.1 Å². The van der Waals surface area contributed by atoms with Gasteiger partial charge in [0.05, 0.1) is 4.90 Å². The first-order valence-electron chi connectivity index (χ1n) is 11.4. The summed E-state index contributed by atoms with van der Waals surface area (Å²) in [5, 5.41) is 1.55. The minimum absolute atomic E-state index is 0.0115. The first kappa shape index (κ1) is 24.1. The number of rotatable bonds is 9. The zero-order chi connectivity index (χ0) is 23.3. The lowest BCUT2D eigenvalue weighted by molar-refractivity contribution is 0.168. The standard InChI is InChI=1S/C25H30FN3O2S2/c1-28(33(30,31)25-6-4-5-20-19-27-14-11-24(20)25)22-12-16-29(17-13-22)15-2-3-18-32-23-9-7-21(26)8-10-23/h4-11,14,19,22H,2-3,12-13,15-18H2,1H3. The number of aromatic nitrogens is 1. The van der Waals surface area contributed by atoms with E-state index in [1.54, 1.807) is 53.7 Å². The van der Waals surface area contributed by atoms with Crippen molar-refractivity contribution in [1.29, 1.82) is 0 Å². The van der Waals surface area contributed by atoms with E-state index >= 15 is 0 Å². The van der Waals surface area contributed by atoms with Gasteiger partial charge in [-0.1, -0.05) is 12.1 Å². The summed E-state index contributed by atoms with van der Waals surface area (Å²) >= 11 is 1.76. The number of halogens is 1. The molecule has 0 bridgehead atoms. The number of pyridine rings is 1. The van der Waals surface area contributed by atoms with E-state index in [1.165, 1.54) is 12.1 Å². The molecule has 1 fully saturated rings. The van der Waals surface area contributed by atoms with Gasteiger partial charge in [-0.05, 0) is 87.5 Å². The molecule has 0 spiro atoms. The van der Waals surface area contributed by atoms with Crippen molar-refractivity contribution in [1.82, 2.24) is 14.2 Å². The van der Waals surface area contributed by atoms with Crippen molar-refractivity contribution < 1.29 is 12.8 Å². The second kappa shape index (κ2) is 11.0. The highest BCUT2D eigenvalue weighted by Crippen LogP contribution is 2.28. The lowest BCUT2D eigenvalue weighted by Crippen LogP contribution is -2.45. The van der Waals surface area contributed by atoms with Gasteiger partial charge in [0.2, 0.25) is 10.0 Å². The van der Waals surface area contributed by atoms with Gasteiger partial charge in [0.25, 0.3) is 0 Å². The van der Waals surface area contributed by atoms with E-state index in [9.17, 15) is 12.8 Å². The maximum absolute atomic E-state index is 13.4. The first-order valence-corrected chi connectivity index (χ1v) is 13.8. The number of sulfonamides is 1. The van der Waals surface area contributed by atoms with E-state index in [2.05, 4.69) is 9.88 Å². The molecule has 1 aliphatic heterocycles. The monoisotopic (exact) mass is 487 g/mol. The Bertz CT molecular complexity index is 1160. The highest BCUT2D eigenvalue weighted by atomic mass is 32.2. The molecule has 176 valence electrons. The average Bonchev–Trinajstić information content (AvgIpc) is 2.84. The molecule has 0 unspecified atom stereocenters. The number of likely N-dealkylation sites (tertiary alicyclic amines) is 1. The fourth-order valence-electron chi connectivity index (χ4n) is 4.33. The van der Waals surface area contributed by atoms with E-state index in [0.717, 1.165) is 66.7 Å². The quantitative estimate of drug-likeness (QED) is 0.313. The summed E-state index contributed by atoms with van der Waals surface area (Å²) in [5.74, 6) is 0.819. The molecule has 0 saturated carbocycles. The van der Waals surface area contributed by atoms with E-state index in [0.29, 0.717) is 4.90 Å². The molecule has 1 aliphatic rings. The number of benzene rings is 2. The van der Waals surface area contributed by atoms with Gasteiger partial charge in [-0.15, -0.1) is 11.8 Å². The van der Waals surface area contributed by atoms with Gasteiger partial charge in [0.1, 0.15) is 5.82 Å². The molecule has 0 aliphatic carbocycles. The summed E-state index contributed by atoms with van der Waals surface area (Å²) in [6.07, 6.45) is 7.23. The smallest absolute Gasteiger partial charge is 0.243 e. The Morgan fingerprint density at radius 2 is 1.85 bits per heavy atom. The van der Waals surface area contributed by atoms with Crippen LogP contribution in [0, 0.1) is 5.82 Å². The van der Waals surface area contributed by atoms with Crippen LogP contribution in [0.4, 0.5) is 4.39 Å². The van der Waals surface area contributed by atoms with Crippen LogP contribution in [0.5, 0.6) is 0 Å². The maximum atomic E-state index is 13.4. The molecule has 0 atom stereocenters. The Balaban J connectivity index is 1.24. The second-order valence-corrected chi connectivity index (χ2v) is 11.6. The van der Waals surface area contributed by atoms with E-state index in [-0.39, 0.29) is 11.9 Å². The van der Waals surface area contributed by atoms with Gasteiger partial charge in [-0.3, -0.25) is 4.98 Å². The van der Waals surface area contributed by atoms with E-state index in [4.69, 9.17) is 0 Å². The second-order valence-electron chi connectivity index (χ2n) is 8.46. The van der Waals surface area contributed by atoms with E-state index in [1.807, 2.05) is 18.2 Å². The molecule has 0 amide bonds. The molecular weight excluding hydrogens is 457 g/mol. The van der Waals surface area contributed by atoms with Crippen molar-refractivity contribution in [3.8, 4) is 0 Å².